The molecule has 0 spiro atoms. The van der Waals surface area contributed by atoms with Crippen LogP contribution in [0.15, 0.2) is 24.3 Å². The number of carboxylic acid groups (broad SMARTS) is 1. The van der Waals surface area contributed by atoms with Gasteiger partial charge in [0.25, 0.3) is 0 Å². The van der Waals surface area contributed by atoms with E-state index in [0.29, 0.717) is 24.8 Å². The molecule has 106 valence electrons. The Balaban J connectivity index is 1.80. The van der Waals surface area contributed by atoms with E-state index in [0.717, 1.165) is 13.1 Å². The third-order valence-corrected chi connectivity index (χ3v) is 3.30. The molecule has 1 saturated carbocycles. The molecule has 5 heteroatoms. The van der Waals surface area contributed by atoms with E-state index in [4.69, 9.17) is 15.1 Å². The van der Waals surface area contributed by atoms with Gasteiger partial charge in [0.05, 0.1) is 11.6 Å². The molecule has 1 aliphatic rings. The third-order valence-electron chi connectivity index (χ3n) is 3.30. The Hall–Kier alpha value is -2.06. The highest BCUT2D eigenvalue weighted by Gasteiger charge is 2.28. The first-order chi connectivity index (χ1) is 9.70. The molecule has 0 unspecified atom stereocenters. The van der Waals surface area contributed by atoms with Gasteiger partial charge in [-0.25, -0.2) is 4.79 Å². The molecule has 0 heterocycles. The van der Waals surface area contributed by atoms with Crippen molar-refractivity contribution in [3.8, 4) is 11.8 Å². The van der Waals surface area contributed by atoms with Crippen molar-refractivity contribution in [2.45, 2.75) is 25.3 Å². The van der Waals surface area contributed by atoms with E-state index >= 15 is 0 Å². The Labute approximate surface area is 118 Å². The van der Waals surface area contributed by atoms with Gasteiger partial charge < -0.3 is 9.84 Å². The highest BCUT2D eigenvalue weighted by molar-refractivity contribution is 5.87. The summed E-state index contributed by atoms with van der Waals surface area (Å²) in [6.07, 6.45) is 2.92. The largest absolute Gasteiger partial charge is 0.492 e. The highest BCUT2D eigenvalue weighted by Crippen LogP contribution is 2.26. The summed E-state index contributed by atoms with van der Waals surface area (Å²) in [5, 5.41) is 17.5. The van der Waals surface area contributed by atoms with Crippen LogP contribution in [0.4, 0.5) is 0 Å². The Morgan fingerprint density at radius 1 is 1.45 bits per heavy atom. The van der Waals surface area contributed by atoms with Gasteiger partial charge in [-0.05, 0) is 31.0 Å². The summed E-state index contributed by atoms with van der Waals surface area (Å²) in [7, 11) is 0. The van der Waals surface area contributed by atoms with Gasteiger partial charge in [0.15, 0.2) is 0 Å². The average Bonchev–Trinajstić information content (AvgIpc) is 3.27. The predicted molar refractivity (Wildman–Crippen MR) is 73.7 cm³/mol. The molecule has 0 bridgehead atoms. The fraction of sp³-hybridized carbons (Fsp3) is 0.467. The molecule has 1 aliphatic carbocycles. The minimum atomic E-state index is -0.955. The van der Waals surface area contributed by atoms with E-state index in [1.807, 2.05) is 0 Å². The van der Waals surface area contributed by atoms with Crippen molar-refractivity contribution in [2.24, 2.45) is 0 Å². The van der Waals surface area contributed by atoms with E-state index < -0.39 is 5.97 Å². The van der Waals surface area contributed by atoms with Crippen molar-refractivity contribution in [3.63, 3.8) is 0 Å². The van der Waals surface area contributed by atoms with Crippen molar-refractivity contribution in [3.05, 3.63) is 29.8 Å². The van der Waals surface area contributed by atoms with E-state index in [-0.39, 0.29) is 5.56 Å². The zero-order valence-corrected chi connectivity index (χ0v) is 11.3. The highest BCUT2D eigenvalue weighted by atomic mass is 16.5. The Bertz CT molecular complexity index is 506. The topological polar surface area (TPSA) is 73.6 Å². The molecule has 1 aromatic carbocycles. The van der Waals surface area contributed by atoms with Crippen molar-refractivity contribution in [1.29, 1.82) is 5.26 Å². The number of nitrogens with zero attached hydrogens (tertiary/aromatic N) is 2. The van der Waals surface area contributed by atoms with Crippen LogP contribution >= 0.6 is 0 Å². The minimum Gasteiger partial charge on any atom is -0.492 e. The first-order valence-electron chi connectivity index (χ1n) is 6.78. The number of carboxylic acids is 1. The van der Waals surface area contributed by atoms with Crippen LogP contribution in [0.25, 0.3) is 0 Å². The van der Waals surface area contributed by atoms with Crippen LogP contribution in [0, 0.1) is 11.3 Å². The molecule has 5 nitrogen and oxygen atoms in total. The molecule has 0 aromatic heterocycles. The van der Waals surface area contributed by atoms with E-state index in [1.165, 1.54) is 18.9 Å². The number of ether oxygens (including phenoxy) is 1. The average molecular weight is 274 g/mol. The second-order valence-electron chi connectivity index (χ2n) is 4.86. The Morgan fingerprint density at radius 2 is 2.25 bits per heavy atom. The molecule has 0 saturated heterocycles. The first kappa shape index (κ1) is 14.4. The van der Waals surface area contributed by atoms with Crippen LogP contribution in [-0.4, -0.2) is 41.7 Å². The monoisotopic (exact) mass is 274 g/mol. The summed E-state index contributed by atoms with van der Waals surface area (Å²) in [6.45, 7) is 2.05. The van der Waals surface area contributed by atoms with E-state index in [2.05, 4.69) is 11.0 Å². The quantitative estimate of drug-likeness (QED) is 0.786. The second kappa shape index (κ2) is 6.92. The molecule has 0 atom stereocenters. The van der Waals surface area contributed by atoms with Gasteiger partial charge in [0.1, 0.15) is 12.4 Å². The lowest BCUT2D eigenvalue weighted by Crippen LogP contribution is -2.31. The van der Waals surface area contributed by atoms with Crippen LogP contribution in [0.1, 0.15) is 29.6 Å². The van der Waals surface area contributed by atoms with Crippen LogP contribution in [0.5, 0.6) is 5.75 Å². The summed E-state index contributed by atoms with van der Waals surface area (Å²) in [6, 6.07) is 9.25. The van der Waals surface area contributed by atoms with Crippen molar-refractivity contribution in [1.82, 2.24) is 4.90 Å². The van der Waals surface area contributed by atoms with Crippen LogP contribution in [0.3, 0.4) is 0 Å². The van der Waals surface area contributed by atoms with E-state index in [9.17, 15) is 4.79 Å². The maximum absolute atomic E-state index is 10.9. The molecular weight excluding hydrogens is 256 g/mol. The normalized spacial score (nSPS) is 14.0. The predicted octanol–water partition coefficient (Wildman–Crippen LogP) is 2.14. The second-order valence-corrected chi connectivity index (χ2v) is 4.86. The SMILES string of the molecule is N#CCCN(CCOc1cccc(C(=O)O)c1)C1CC1. The van der Waals surface area contributed by atoms with Crippen LogP contribution in [0.2, 0.25) is 0 Å². The van der Waals surface area contributed by atoms with Crippen molar-refractivity contribution < 1.29 is 14.6 Å². The fourth-order valence-electron chi connectivity index (χ4n) is 2.11. The van der Waals surface area contributed by atoms with Crippen LogP contribution in [-0.2, 0) is 0 Å². The van der Waals surface area contributed by atoms with Gasteiger partial charge in [-0.15, -0.1) is 0 Å². The molecule has 1 N–H and O–H groups in total. The first-order valence-corrected chi connectivity index (χ1v) is 6.78. The number of nitriles is 1. The lowest BCUT2D eigenvalue weighted by molar-refractivity contribution is 0.0696. The molecule has 0 aliphatic heterocycles. The number of rotatable bonds is 8. The molecule has 0 radical (unpaired) electrons. The Kier molecular flexibility index (Phi) is 4.97. The summed E-state index contributed by atoms with van der Waals surface area (Å²) < 4.78 is 5.60. The van der Waals surface area contributed by atoms with E-state index in [1.54, 1.807) is 18.2 Å². The molecule has 20 heavy (non-hydrogen) atoms. The molecular formula is C15H18N2O3. The van der Waals surface area contributed by atoms with Crippen molar-refractivity contribution in [2.75, 3.05) is 19.7 Å². The molecule has 0 amide bonds. The standard InChI is InChI=1S/C15H18N2O3/c16-7-2-8-17(13-5-6-13)9-10-20-14-4-1-3-12(11-14)15(18)19/h1,3-4,11,13H,2,5-6,8-10H2,(H,18,19). The zero-order valence-electron chi connectivity index (χ0n) is 11.3. The summed E-state index contributed by atoms with van der Waals surface area (Å²) in [4.78, 5) is 13.1. The molecule has 1 aromatic rings. The number of hydrogen-bond donors (Lipinski definition) is 1. The number of carbonyl (C=O) groups is 1. The van der Waals surface area contributed by atoms with Gasteiger partial charge in [0, 0.05) is 25.6 Å². The smallest absolute Gasteiger partial charge is 0.335 e. The zero-order chi connectivity index (χ0) is 14.4. The summed E-state index contributed by atoms with van der Waals surface area (Å²) in [5.41, 5.74) is 0.228. The van der Waals surface area contributed by atoms with Crippen LogP contribution < -0.4 is 4.74 Å². The number of hydrogen-bond acceptors (Lipinski definition) is 4. The number of benzene rings is 1. The van der Waals surface area contributed by atoms with Crippen molar-refractivity contribution >= 4 is 5.97 Å². The summed E-state index contributed by atoms with van der Waals surface area (Å²) >= 11 is 0. The maximum Gasteiger partial charge on any atom is 0.335 e. The van der Waals surface area contributed by atoms with Gasteiger partial charge in [-0.2, -0.15) is 5.26 Å². The third kappa shape index (κ3) is 4.25. The lowest BCUT2D eigenvalue weighted by atomic mass is 10.2. The summed E-state index contributed by atoms with van der Waals surface area (Å²) in [5.74, 6) is -0.384. The number of aromatic carboxylic acids is 1. The Morgan fingerprint density at radius 3 is 2.90 bits per heavy atom. The van der Waals surface area contributed by atoms with Gasteiger partial charge in [0.2, 0.25) is 0 Å². The molecule has 2 rings (SSSR count). The van der Waals surface area contributed by atoms with Gasteiger partial charge >= 0.3 is 5.97 Å². The molecule has 1 fully saturated rings. The van der Waals surface area contributed by atoms with Gasteiger partial charge in [-0.1, -0.05) is 6.07 Å². The van der Waals surface area contributed by atoms with Gasteiger partial charge in [-0.3, -0.25) is 4.90 Å². The fourth-order valence-corrected chi connectivity index (χ4v) is 2.11. The minimum absolute atomic E-state index is 0.228. The lowest BCUT2D eigenvalue weighted by Gasteiger charge is -2.20. The maximum atomic E-state index is 10.9.